The van der Waals surface area contributed by atoms with Crippen LogP contribution in [0.15, 0.2) is 36.7 Å². The summed E-state index contributed by atoms with van der Waals surface area (Å²) in [5, 5.41) is 7.64. The van der Waals surface area contributed by atoms with Crippen molar-refractivity contribution in [2.24, 2.45) is 0 Å². The molecule has 0 saturated carbocycles. The molecule has 0 N–H and O–H groups in total. The number of para-hydroxylation sites is 1. The van der Waals surface area contributed by atoms with Crippen LogP contribution in [0.4, 0.5) is 5.69 Å². The van der Waals surface area contributed by atoms with Crippen molar-refractivity contribution in [1.29, 1.82) is 0 Å². The molecule has 1 amide bonds. The van der Waals surface area contributed by atoms with E-state index < -0.39 is 0 Å². The predicted octanol–water partition coefficient (Wildman–Crippen LogP) is 2.60. The number of amides is 1. The van der Waals surface area contributed by atoms with Crippen LogP contribution in [-0.2, 0) is 11.3 Å². The summed E-state index contributed by atoms with van der Waals surface area (Å²) >= 11 is 0. The van der Waals surface area contributed by atoms with Gasteiger partial charge in [-0.3, -0.25) is 4.79 Å². The Hall–Kier alpha value is -2.17. The lowest BCUT2D eigenvalue weighted by molar-refractivity contribution is -0.120. The topological polar surface area (TPSA) is 51.0 Å². The standard InChI is InChI=1S/C16H20N4O/c1-12-10-16(2,3)20(14-7-5-4-6-13(12)14)15(21)11-19-9-8-17-18-19/h4-9,12H,10-11H2,1-3H3. The fourth-order valence-electron chi connectivity index (χ4n) is 3.38. The first-order valence-electron chi connectivity index (χ1n) is 7.25. The van der Waals surface area contributed by atoms with E-state index in [9.17, 15) is 4.79 Å². The number of nitrogens with zero attached hydrogens (tertiary/aromatic N) is 4. The number of fused-ring (bicyclic) bond motifs is 1. The largest absolute Gasteiger partial charge is 0.305 e. The highest BCUT2D eigenvalue weighted by atomic mass is 16.2. The van der Waals surface area contributed by atoms with Gasteiger partial charge in [-0.1, -0.05) is 30.3 Å². The van der Waals surface area contributed by atoms with E-state index >= 15 is 0 Å². The quantitative estimate of drug-likeness (QED) is 0.851. The molecule has 0 spiro atoms. The van der Waals surface area contributed by atoms with Crippen LogP contribution in [0.25, 0.3) is 0 Å². The van der Waals surface area contributed by atoms with Gasteiger partial charge in [-0.05, 0) is 37.8 Å². The van der Waals surface area contributed by atoms with E-state index in [0.717, 1.165) is 12.1 Å². The molecule has 2 heterocycles. The first-order valence-corrected chi connectivity index (χ1v) is 7.25. The number of carbonyl (C=O) groups excluding carboxylic acids is 1. The van der Waals surface area contributed by atoms with Crippen LogP contribution in [0.5, 0.6) is 0 Å². The first kappa shape index (κ1) is 13.8. The number of benzene rings is 1. The summed E-state index contributed by atoms with van der Waals surface area (Å²) in [6.45, 7) is 6.68. The Balaban J connectivity index is 1.98. The zero-order valence-corrected chi connectivity index (χ0v) is 12.7. The molecule has 5 nitrogen and oxygen atoms in total. The Bertz CT molecular complexity index is 648. The third-order valence-corrected chi connectivity index (χ3v) is 4.14. The van der Waals surface area contributed by atoms with Gasteiger partial charge >= 0.3 is 0 Å². The second-order valence-corrected chi connectivity index (χ2v) is 6.31. The number of anilines is 1. The average molecular weight is 284 g/mol. The minimum absolute atomic E-state index is 0.0462. The van der Waals surface area contributed by atoms with E-state index in [2.05, 4.69) is 37.1 Å². The predicted molar refractivity (Wildman–Crippen MR) is 81.1 cm³/mol. The second kappa shape index (κ2) is 4.98. The van der Waals surface area contributed by atoms with Crippen LogP contribution in [-0.4, -0.2) is 26.4 Å². The van der Waals surface area contributed by atoms with E-state index in [1.54, 1.807) is 17.1 Å². The molecule has 1 aromatic carbocycles. The van der Waals surface area contributed by atoms with Crippen LogP contribution in [0.1, 0.15) is 38.7 Å². The smallest absolute Gasteiger partial charge is 0.249 e. The van der Waals surface area contributed by atoms with Crippen molar-refractivity contribution in [3.63, 3.8) is 0 Å². The Kier molecular flexibility index (Phi) is 3.27. The Morgan fingerprint density at radius 1 is 1.38 bits per heavy atom. The molecule has 1 aliphatic heterocycles. The Morgan fingerprint density at radius 2 is 2.14 bits per heavy atom. The summed E-state index contributed by atoms with van der Waals surface area (Å²) in [6.07, 6.45) is 4.25. The SMILES string of the molecule is CC1CC(C)(C)N(C(=O)Cn2ccnn2)c2ccccc21. The van der Waals surface area contributed by atoms with Crippen molar-refractivity contribution >= 4 is 11.6 Å². The molecule has 3 rings (SSSR count). The molecule has 1 aromatic heterocycles. The molecule has 110 valence electrons. The minimum atomic E-state index is -0.203. The van der Waals surface area contributed by atoms with Gasteiger partial charge in [0.05, 0.1) is 6.20 Å². The number of carbonyl (C=O) groups is 1. The summed E-state index contributed by atoms with van der Waals surface area (Å²) in [7, 11) is 0. The molecule has 2 aromatic rings. The average Bonchev–Trinajstić information content (AvgIpc) is 2.90. The van der Waals surface area contributed by atoms with Crippen LogP contribution >= 0.6 is 0 Å². The Labute approximate surface area is 124 Å². The lowest BCUT2D eigenvalue weighted by atomic mass is 9.80. The maximum atomic E-state index is 12.8. The van der Waals surface area contributed by atoms with Crippen molar-refractivity contribution in [2.45, 2.75) is 45.2 Å². The fourth-order valence-corrected chi connectivity index (χ4v) is 3.38. The molecule has 0 radical (unpaired) electrons. The van der Waals surface area contributed by atoms with E-state index in [-0.39, 0.29) is 18.0 Å². The van der Waals surface area contributed by atoms with Gasteiger partial charge in [0.1, 0.15) is 6.54 Å². The molecule has 1 aliphatic rings. The van der Waals surface area contributed by atoms with Gasteiger partial charge in [0.25, 0.3) is 0 Å². The third kappa shape index (κ3) is 2.44. The summed E-state index contributed by atoms with van der Waals surface area (Å²) in [5.41, 5.74) is 2.06. The van der Waals surface area contributed by atoms with E-state index in [0.29, 0.717) is 5.92 Å². The number of hydrogen-bond donors (Lipinski definition) is 0. The van der Waals surface area contributed by atoms with Gasteiger partial charge < -0.3 is 4.90 Å². The van der Waals surface area contributed by atoms with Gasteiger partial charge in [0.2, 0.25) is 5.91 Å². The van der Waals surface area contributed by atoms with Gasteiger partial charge in [-0.15, -0.1) is 5.10 Å². The van der Waals surface area contributed by atoms with Crippen molar-refractivity contribution in [3.8, 4) is 0 Å². The van der Waals surface area contributed by atoms with Crippen LogP contribution in [0.2, 0.25) is 0 Å². The number of rotatable bonds is 2. The first-order chi connectivity index (χ1) is 9.99. The fraction of sp³-hybridized carbons (Fsp3) is 0.438. The molecular formula is C16H20N4O. The van der Waals surface area contributed by atoms with E-state index in [1.807, 2.05) is 23.1 Å². The highest BCUT2D eigenvalue weighted by Crippen LogP contribution is 2.43. The van der Waals surface area contributed by atoms with E-state index in [1.165, 1.54) is 5.56 Å². The van der Waals surface area contributed by atoms with Crippen molar-refractivity contribution in [1.82, 2.24) is 15.0 Å². The molecule has 0 aliphatic carbocycles. The summed E-state index contributed by atoms with van der Waals surface area (Å²) in [4.78, 5) is 14.7. The maximum Gasteiger partial charge on any atom is 0.249 e. The normalized spacial score (nSPS) is 20.1. The Morgan fingerprint density at radius 3 is 2.86 bits per heavy atom. The molecule has 0 fully saturated rings. The number of aromatic nitrogens is 3. The van der Waals surface area contributed by atoms with Crippen molar-refractivity contribution in [2.75, 3.05) is 4.90 Å². The van der Waals surface area contributed by atoms with Gasteiger partial charge in [0.15, 0.2) is 0 Å². The van der Waals surface area contributed by atoms with Gasteiger partial charge in [0, 0.05) is 17.4 Å². The van der Waals surface area contributed by atoms with Gasteiger partial charge in [-0.25, -0.2) is 4.68 Å². The minimum Gasteiger partial charge on any atom is -0.305 e. The van der Waals surface area contributed by atoms with E-state index in [4.69, 9.17) is 0 Å². The van der Waals surface area contributed by atoms with Crippen molar-refractivity contribution in [3.05, 3.63) is 42.2 Å². The lowest BCUT2D eigenvalue weighted by Crippen LogP contribution is -2.52. The molecule has 0 bridgehead atoms. The highest BCUT2D eigenvalue weighted by Gasteiger charge is 2.39. The van der Waals surface area contributed by atoms with Crippen LogP contribution < -0.4 is 4.90 Å². The molecule has 1 unspecified atom stereocenters. The monoisotopic (exact) mass is 284 g/mol. The maximum absolute atomic E-state index is 12.8. The molecule has 21 heavy (non-hydrogen) atoms. The third-order valence-electron chi connectivity index (χ3n) is 4.14. The van der Waals surface area contributed by atoms with Crippen molar-refractivity contribution < 1.29 is 4.79 Å². The zero-order valence-electron chi connectivity index (χ0n) is 12.7. The lowest BCUT2D eigenvalue weighted by Gasteiger charge is -2.46. The molecule has 0 saturated heterocycles. The second-order valence-electron chi connectivity index (χ2n) is 6.31. The molecule has 5 heteroatoms. The highest BCUT2D eigenvalue weighted by molar-refractivity contribution is 5.96. The summed E-state index contributed by atoms with van der Waals surface area (Å²) in [6, 6.07) is 8.17. The summed E-state index contributed by atoms with van der Waals surface area (Å²) < 4.78 is 1.57. The molecular weight excluding hydrogens is 264 g/mol. The molecule has 1 atom stereocenters. The zero-order chi connectivity index (χ0) is 15.0. The van der Waals surface area contributed by atoms with Crippen LogP contribution in [0.3, 0.4) is 0 Å². The number of hydrogen-bond acceptors (Lipinski definition) is 3. The van der Waals surface area contributed by atoms with Gasteiger partial charge in [-0.2, -0.15) is 0 Å². The van der Waals surface area contributed by atoms with Crippen LogP contribution in [0, 0.1) is 0 Å². The summed E-state index contributed by atoms with van der Waals surface area (Å²) in [5.74, 6) is 0.497.